The van der Waals surface area contributed by atoms with Gasteiger partial charge in [-0.3, -0.25) is 4.79 Å². The van der Waals surface area contributed by atoms with E-state index in [0.717, 1.165) is 12.0 Å². The normalized spacial score (nSPS) is 16.1. The van der Waals surface area contributed by atoms with Crippen LogP contribution in [0, 0.1) is 0 Å². The molecule has 1 heterocycles. The molecule has 0 spiro atoms. The number of rotatable bonds is 7. The van der Waals surface area contributed by atoms with Crippen LogP contribution < -0.4 is 10.1 Å². The third kappa shape index (κ3) is 5.32. The summed E-state index contributed by atoms with van der Waals surface area (Å²) in [6.07, 6.45) is 0.944. The summed E-state index contributed by atoms with van der Waals surface area (Å²) in [6, 6.07) is 16.9. The van der Waals surface area contributed by atoms with E-state index in [-0.39, 0.29) is 6.61 Å². The Balaban J connectivity index is 1.41. The molecule has 1 aliphatic rings. The first-order chi connectivity index (χ1) is 12.7. The Morgan fingerprint density at radius 1 is 1.08 bits per heavy atom. The van der Waals surface area contributed by atoms with Crippen molar-refractivity contribution in [2.45, 2.75) is 25.6 Å². The lowest BCUT2D eigenvalue weighted by Crippen LogP contribution is -2.27. The summed E-state index contributed by atoms with van der Waals surface area (Å²) < 4.78 is 15.9. The number of hydrogen-bond acceptors (Lipinski definition) is 5. The van der Waals surface area contributed by atoms with E-state index < -0.39 is 18.0 Å². The minimum atomic E-state index is -0.538. The lowest BCUT2D eigenvalue weighted by molar-refractivity contribution is -0.156. The highest BCUT2D eigenvalue weighted by atomic mass is 16.6. The molecule has 0 aromatic heterocycles. The number of amides is 1. The van der Waals surface area contributed by atoms with E-state index in [9.17, 15) is 9.59 Å². The van der Waals surface area contributed by atoms with Crippen LogP contribution in [0.4, 0.5) is 5.69 Å². The summed E-state index contributed by atoms with van der Waals surface area (Å²) in [5, 5.41) is 2.68. The van der Waals surface area contributed by atoms with Crippen molar-refractivity contribution < 1.29 is 23.8 Å². The number of hydrogen-bond donors (Lipinski definition) is 1. The zero-order valence-corrected chi connectivity index (χ0v) is 14.4. The Morgan fingerprint density at radius 3 is 2.54 bits per heavy atom. The first kappa shape index (κ1) is 17.9. The third-order valence-corrected chi connectivity index (χ3v) is 3.92. The number of ether oxygens (including phenoxy) is 3. The van der Waals surface area contributed by atoms with Crippen LogP contribution in [0.15, 0.2) is 54.6 Å². The quantitative estimate of drug-likeness (QED) is 0.773. The highest BCUT2D eigenvalue weighted by molar-refractivity contribution is 5.93. The van der Waals surface area contributed by atoms with E-state index in [1.54, 1.807) is 24.3 Å². The highest BCUT2D eigenvalue weighted by Crippen LogP contribution is 2.17. The van der Waals surface area contributed by atoms with Crippen LogP contribution >= 0.6 is 0 Å². The zero-order chi connectivity index (χ0) is 18.2. The number of anilines is 1. The van der Waals surface area contributed by atoms with Crippen molar-refractivity contribution in [1.82, 2.24) is 0 Å². The van der Waals surface area contributed by atoms with Crippen molar-refractivity contribution in [3.63, 3.8) is 0 Å². The molecule has 0 aliphatic carbocycles. The molecule has 3 rings (SSSR count). The van der Waals surface area contributed by atoms with Crippen LogP contribution in [-0.2, 0) is 25.7 Å². The molecule has 1 fully saturated rings. The summed E-state index contributed by atoms with van der Waals surface area (Å²) in [5.74, 6) is -0.173. The monoisotopic (exact) mass is 355 g/mol. The molecule has 0 saturated carbocycles. The van der Waals surface area contributed by atoms with Crippen LogP contribution in [0.1, 0.15) is 18.4 Å². The molecule has 1 atom stereocenters. The van der Waals surface area contributed by atoms with Gasteiger partial charge >= 0.3 is 5.97 Å². The Labute approximate surface area is 152 Å². The lowest BCUT2D eigenvalue weighted by atomic mass is 10.2. The first-order valence-corrected chi connectivity index (χ1v) is 8.55. The molecule has 1 aliphatic heterocycles. The van der Waals surface area contributed by atoms with Crippen molar-refractivity contribution in [2.24, 2.45) is 0 Å². The minimum Gasteiger partial charge on any atom is -0.489 e. The van der Waals surface area contributed by atoms with Gasteiger partial charge in [0.2, 0.25) is 0 Å². The van der Waals surface area contributed by atoms with E-state index in [1.165, 1.54) is 0 Å². The summed E-state index contributed by atoms with van der Waals surface area (Å²) in [5.41, 5.74) is 1.69. The van der Waals surface area contributed by atoms with Gasteiger partial charge in [0.1, 0.15) is 12.4 Å². The lowest BCUT2D eigenvalue weighted by Gasteiger charge is -2.10. The fourth-order valence-corrected chi connectivity index (χ4v) is 2.57. The molecule has 6 heteroatoms. The van der Waals surface area contributed by atoms with Crippen molar-refractivity contribution in [3.05, 3.63) is 60.2 Å². The van der Waals surface area contributed by atoms with Gasteiger partial charge in [-0.25, -0.2) is 4.79 Å². The molecule has 136 valence electrons. The Kier molecular flexibility index (Phi) is 6.22. The van der Waals surface area contributed by atoms with Gasteiger partial charge in [-0.05, 0) is 42.7 Å². The van der Waals surface area contributed by atoms with E-state index in [4.69, 9.17) is 14.2 Å². The molecule has 0 unspecified atom stereocenters. The highest BCUT2D eigenvalue weighted by Gasteiger charge is 2.25. The number of esters is 1. The number of nitrogens with one attached hydrogen (secondary N) is 1. The topological polar surface area (TPSA) is 73.9 Å². The van der Waals surface area contributed by atoms with Crippen molar-refractivity contribution in [1.29, 1.82) is 0 Å². The van der Waals surface area contributed by atoms with Crippen LogP contribution in [0.25, 0.3) is 0 Å². The van der Waals surface area contributed by atoms with Crippen molar-refractivity contribution in [3.8, 4) is 5.75 Å². The van der Waals surface area contributed by atoms with Crippen LogP contribution in [0.3, 0.4) is 0 Å². The maximum atomic E-state index is 11.9. The van der Waals surface area contributed by atoms with Gasteiger partial charge in [-0.2, -0.15) is 0 Å². The zero-order valence-electron chi connectivity index (χ0n) is 14.4. The maximum Gasteiger partial charge on any atom is 0.335 e. The molecule has 0 radical (unpaired) electrons. The third-order valence-electron chi connectivity index (χ3n) is 3.92. The molecule has 1 saturated heterocycles. The van der Waals surface area contributed by atoms with E-state index in [1.807, 2.05) is 30.3 Å². The predicted molar refractivity (Wildman–Crippen MR) is 95.8 cm³/mol. The van der Waals surface area contributed by atoms with Gasteiger partial charge < -0.3 is 19.5 Å². The average molecular weight is 355 g/mol. The van der Waals surface area contributed by atoms with Gasteiger partial charge in [0.25, 0.3) is 5.91 Å². The predicted octanol–water partition coefficient (Wildman–Crippen LogP) is 2.93. The number of carbonyl (C=O) groups is 2. The summed E-state index contributed by atoms with van der Waals surface area (Å²) in [6.45, 7) is 0.710. The summed E-state index contributed by atoms with van der Waals surface area (Å²) in [4.78, 5) is 23.6. The van der Waals surface area contributed by atoms with Gasteiger partial charge in [-0.15, -0.1) is 0 Å². The molecular weight excluding hydrogens is 334 g/mol. The molecule has 2 aromatic rings. The average Bonchev–Trinajstić information content (AvgIpc) is 3.21. The Morgan fingerprint density at radius 2 is 1.85 bits per heavy atom. The van der Waals surface area contributed by atoms with Crippen LogP contribution in [-0.4, -0.2) is 31.2 Å². The molecule has 2 aromatic carbocycles. The molecule has 1 N–H and O–H groups in total. The molecule has 6 nitrogen and oxygen atoms in total. The van der Waals surface area contributed by atoms with E-state index >= 15 is 0 Å². The fraction of sp³-hybridized carbons (Fsp3) is 0.300. The number of benzene rings is 2. The second kappa shape index (κ2) is 9.01. The van der Waals surface area contributed by atoms with Crippen molar-refractivity contribution in [2.75, 3.05) is 18.5 Å². The van der Waals surface area contributed by atoms with E-state index in [0.29, 0.717) is 31.1 Å². The van der Waals surface area contributed by atoms with Gasteiger partial charge in [0, 0.05) is 12.3 Å². The van der Waals surface area contributed by atoms with Gasteiger partial charge in [0.05, 0.1) is 0 Å². The van der Waals surface area contributed by atoms with Gasteiger partial charge in [0.15, 0.2) is 12.7 Å². The maximum absolute atomic E-state index is 11.9. The van der Waals surface area contributed by atoms with Crippen molar-refractivity contribution >= 4 is 17.6 Å². The molecule has 1 amide bonds. The standard InChI is InChI=1S/C20H21NO5/c22-19(14-26-20(23)18-7-4-12-24-18)21-16-8-10-17(11-9-16)25-13-15-5-2-1-3-6-15/h1-3,5-6,8-11,18H,4,7,12-14H2,(H,21,22)/t18-/m0/s1. The summed E-state index contributed by atoms with van der Waals surface area (Å²) >= 11 is 0. The van der Waals surface area contributed by atoms with Gasteiger partial charge in [-0.1, -0.05) is 30.3 Å². The molecule has 0 bridgehead atoms. The number of carbonyl (C=O) groups excluding carboxylic acids is 2. The smallest absolute Gasteiger partial charge is 0.335 e. The Hall–Kier alpha value is -2.86. The second-order valence-electron chi connectivity index (χ2n) is 5.96. The fourth-order valence-electron chi connectivity index (χ4n) is 2.57. The SMILES string of the molecule is O=C(COC(=O)[C@@H]1CCCO1)Nc1ccc(OCc2ccccc2)cc1. The second-order valence-corrected chi connectivity index (χ2v) is 5.96. The summed E-state index contributed by atoms with van der Waals surface area (Å²) in [7, 11) is 0. The van der Waals surface area contributed by atoms with E-state index in [2.05, 4.69) is 5.32 Å². The van der Waals surface area contributed by atoms with Crippen LogP contribution in [0.2, 0.25) is 0 Å². The minimum absolute atomic E-state index is 0.328. The molecule has 26 heavy (non-hydrogen) atoms. The Bertz CT molecular complexity index is 724. The molecular formula is C20H21NO5. The van der Waals surface area contributed by atoms with Crippen LogP contribution in [0.5, 0.6) is 5.75 Å². The largest absolute Gasteiger partial charge is 0.489 e. The first-order valence-electron chi connectivity index (χ1n) is 8.55.